The monoisotopic (exact) mass is 400 g/mol. The predicted molar refractivity (Wildman–Crippen MR) is 110 cm³/mol. The van der Waals surface area contributed by atoms with Crippen LogP contribution in [0.4, 0.5) is 0 Å². The molecule has 1 aliphatic heterocycles. The molecule has 150 valence electrons. The summed E-state index contributed by atoms with van der Waals surface area (Å²) < 4.78 is 27.1. The van der Waals surface area contributed by atoms with Crippen LogP contribution in [0.15, 0.2) is 53.4 Å². The van der Waals surface area contributed by atoms with Gasteiger partial charge in [0.25, 0.3) is 0 Å². The average Bonchev–Trinajstić information content (AvgIpc) is 2.68. The molecule has 0 bridgehead atoms. The summed E-state index contributed by atoms with van der Waals surface area (Å²) in [4.78, 5) is 12.6. The summed E-state index contributed by atoms with van der Waals surface area (Å²) in [6.45, 7) is 5.43. The van der Waals surface area contributed by atoms with Gasteiger partial charge in [-0.3, -0.25) is 4.79 Å². The van der Waals surface area contributed by atoms with Gasteiger partial charge in [0.05, 0.1) is 4.90 Å². The number of hydrogen-bond donors (Lipinski definition) is 1. The van der Waals surface area contributed by atoms with Crippen molar-refractivity contribution in [3.8, 4) is 0 Å². The van der Waals surface area contributed by atoms with Crippen LogP contribution in [0.25, 0.3) is 0 Å². The number of benzene rings is 2. The van der Waals surface area contributed by atoms with Crippen molar-refractivity contribution in [3.63, 3.8) is 0 Å². The zero-order chi connectivity index (χ0) is 20.1. The molecule has 0 aliphatic carbocycles. The summed E-state index contributed by atoms with van der Waals surface area (Å²) in [6, 6.07) is 15.0. The number of hydrogen-bond acceptors (Lipinski definition) is 3. The van der Waals surface area contributed by atoms with Gasteiger partial charge in [0.1, 0.15) is 0 Å². The van der Waals surface area contributed by atoms with Gasteiger partial charge in [-0.05, 0) is 55.9 Å². The molecule has 2 aromatic rings. The Bertz CT molecular complexity index is 915. The molecule has 0 aromatic heterocycles. The molecule has 0 spiro atoms. The van der Waals surface area contributed by atoms with Crippen molar-refractivity contribution in [1.29, 1.82) is 0 Å². The normalized spacial score (nSPS) is 16.1. The van der Waals surface area contributed by atoms with Crippen molar-refractivity contribution < 1.29 is 13.2 Å². The molecule has 0 radical (unpaired) electrons. The van der Waals surface area contributed by atoms with Gasteiger partial charge >= 0.3 is 0 Å². The lowest BCUT2D eigenvalue weighted by atomic mass is 9.94. The summed E-state index contributed by atoms with van der Waals surface area (Å²) in [5, 5.41) is 2.99. The first-order valence-electron chi connectivity index (χ1n) is 9.74. The zero-order valence-electron chi connectivity index (χ0n) is 16.5. The van der Waals surface area contributed by atoms with Crippen molar-refractivity contribution in [2.24, 2.45) is 5.92 Å². The van der Waals surface area contributed by atoms with Crippen LogP contribution in [0, 0.1) is 19.8 Å². The highest BCUT2D eigenvalue weighted by Gasteiger charge is 2.30. The van der Waals surface area contributed by atoms with E-state index in [1.54, 1.807) is 16.4 Å². The van der Waals surface area contributed by atoms with Gasteiger partial charge in [0.15, 0.2) is 0 Å². The SMILES string of the molecule is Cc1ccc(S(=O)(=O)N2CCC(CC(=O)NCc3ccccc3C)CC2)cc1. The number of aryl methyl sites for hydroxylation is 2. The van der Waals surface area contributed by atoms with Crippen molar-refractivity contribution in [2.75, 3.05) is 13.1 Å². The second-order valence-electron chi connectivity index (χ2n) is 7.57. The minimum absolute atomic E-state index is 0.0306. The third-order valence-electron chi connectivity index (χ3n) is 5.44. The van der Waals surface area contributed by atoms with Crippen LogP contribution in [-0.2, 0) is 21.4 Å². The topological polar surface area (TPSA) is 66.5 Å². The van der Waals surface area contributed by atoms with Crippen LogP contribution >= 0.6 is 0 Å². The number of amides is 1. The van der Waals surface area contributed by atoms with Crippen molar-refractivity contribution in [2.45, 2.75) is 44.6 Å². The quantitative estimate of drug-likeness (QED) is 0.808. The van der Waals surface area contributed by atoms with Crippen LogP contribution in [0.2, 0.25) is 0 Å². The Kier molecular flexibility index (Phi) is 6.52. The van der Waals surface area contributed by atoms with Crippen LogP contribution in [0.5, 0.6) is 0 Å². The molecule has 0 unspecified atom stereocenters. The Morgan fingerprint density at radius 3 is 2.32 bits per heavy atom. The highest BCUT2D eigenvalue weighted by atomic mass is 32.2. The Labute approximate surface area is 167 Å². The first kappa shape index (κ1) is 20.6. The smallest absolute Gasteiger partial charge is 0.243 e. The molecule has 6 heteroatoms. The third-order valence-corrected chi connectivity index (χ3v) is 7.36. The van der Waals surface area contributed by atoms with Gasteiger partial charge in [0.2, 0.25) is 15.9 Å². The summed E-state index contributed by atoms with van der Waals surface area (Å²) in [7, 11) is -3.45. The lowest BCUT2D eigenvalue weighted by molar-refractivity contribution is -0.122. The minimum atomic E-state index is -3.45. The van der Waals surface area contributed by atoms with E-state index in [0.717, 1.165) is 16.7 Å². The van der Waals surface area contributed by atoms with Gasteiger partial charge < -0.3 is 5.32 Å². The maximum Gasteiger partial charge on any atom is 0.243 e. The van der Waals surface area contributed by atoms with E-state index in [1.807, 2.05) is 50.2 Å². The van der Waals surface area contributed by atoms with Gasteiger partial charge in [-0.25, -0.2) is 8.42 Å². The van der Waals surface area contributed by atoms with E-state index in [2.05, 4.69) is 5.32 Å². The average molecular weight is 401 g/mol. The zero-order valence-corrected chi connectivity index (χ0v) is 17.3. The molecule has 1 aliphatic rings. The molecule has 0 saturated carbocycles. The van der Waals surface area contributed by atoms with Gasteiger partial charge in [-0.15, -0.1) is 0 Å². The summed E-state index contributed by atoms with van der Waals surface area (Å²) in [6.07, 6.45) is 1.87. The maximum atomic E-state index is 12.8. The number of nitrogens with zero attached hydrogens (tertiary/aromatic N) is 1. The van der Waals surface area contributed by atoms with E-state index >= 15 is 0 Å². The van der Waals surface area contributed by atoms with E-state index in [1.165, 1.54) is 0 Å². The van der Waals surface area contributed by atoms with E-state index in [9.17, 15) is 13.2 Å². The van der Waals surface area contributed by atoms with Crippen LogP contribution in [0.1, 0.15) is 36.0 Å². The fraction of sp³-hybridized carbons (Fsp3) is 0.409. The molecule has 1 N–H and O–H groups in total. The molecule has 3 rings (SSSR count). The van der Waals surface area contributed by atoms with Gasteiger partial charge in [0, 0.05) is 26.1 Å². The number of rotatable bonds is 6. The third kappa shape index (κ3) is 5.00. The summed E-state index contributed by atoms with van der Waals surface area (Å²) >= 11 is 0. The van der Waals surface area contributed by atoms with E-state index in [0.29, 0.717) is 43.8 Å². The Morgan fingerprint density at radius 2 is 1.68 bits per heavy atom. The highest BCUT2D eigenvalue weighted by Crippen LogP contribution is 2.25. The highest BCUT2D eigenvalue weighted by molar-refractivity contribution is 7.89. The van der Waals surface area contributed by atoms with Gasteiger partial charge in [-0.2, -0.15) is 4.31 Å². The molecule has 0 atom stereocenters. The van der Waals surface area contributed by atoms with Crippen molar-refractivity contribution in [3.05, 3.63) is 65.2 Å². The van der Waals surface area contributed by atoms with Crippen LogP contribution < -0.4 is 5.32 Å². The fourth-order valence-corrected chi connectivity index (χ4v) is 5.02. The largest absolute Gasteiger partial charge is 0.352 e. The lowest BCUT2D eigenvalue weighted by Crippen LogP contribution is -2.39. The van der Waals surface area contributed by atoms with E-state index in [4.69, 9.17) is 0 Å². The minimum Gasteiger partial charge on any atom is -0.352 e. The molecule has 1 heterocycles. The maximum absolute atomic E-state index is 12.8. The number of carbonyl (C=O) groups is 1. The molecule has 1 amide bonds. The molecule has 1 saturated heterocycles. The standard InChI is InChI=1S/C22H28N2O3S/c1-17-7-9-21(10-8-17)28(26,27)24-13-11-19(12-14-24)15-22(25)23-16-20-6-4-3-5-18(20)2/h3-10,19H,11-16H2,1-2H3,(H,23,25). The molecule has 1 fully saturated rings. The summed E-state index contributed by atoms with van der Waals surface area (Å²) in [5.74, 6) is 0.254. The Hall–Kier alpha value is -2.18. The Balaban J connectivity index is 1.49. The first-order chi connectivity index (χ1) is 13.4. The molecule has 5 nitrogen and oxygen atoms in total. The number of sulfonamides is 1. The fourth-order valence-electron chi connectivity index (χ4n) is 3.55. The number of piperidine rings is 1. The molecule has 28 heavy (non-hydrogen) atoms. The molecular formula is C22H28N2O3S. The number of carbonyl (C=O) groups excluding carboxylic acids is 1. The van der Waals surface area contributed by atoms with E-state index in [-0.39, 0.29) is 11.8 Å². The van der Waals surface area contributed by atoms with Gasteiger partial charge in [-0.1, -0.05) is 42.0 Å². The van der Waals surface area contributed by atoms with Crippen molar-refractivity contribution >= 4 is 15.9 Å². The summed E-state index contributed by atoms with van der Waals surface area (Å²) in [5.41, 5.74) is 3.32. The van der Waals surface area contributed by atoms with Crippen LogP contribution in [0.3, 0.4) is 0 Å². The van der Waals surface area contributed by atoms with E-state index < -0.39 is 10.0 Å². The predicted octanol–water partition coefficient (Wildman–Crippen LogP) is 3.41. The van der Waals surface area contributed by atoms with Crippen molar-refractivity contribution in [1.82, 2.24) is 9.62 Å². The van der Waals surface area contributed by atoms with Crippen LogP contribution in [-0.4, -0.2) is 31.7 Å². The molecule has 2 aromatic carbocycles. The Morgan fingerprint density at radius 1 is 1.04 bits per heavy atom. The lowest BCUT2D eigenvalue weighted by Gasteiger charge is -2.31. The first-order valence-corrected chi connectivity index (χ1v) is 11.2. The second kappa shape index (κ2) is 8.88. The number of nitrogens with one attached hydrogen (secondary N) is 1. The second-order valence-corrected chi connectivity index (χ2v) is 9.51. The molecular weight excluding hydrogens is 372 g/mol.